The summed E-state index contributed by atoms with van der Waals surface area (Å²) in [6.45, 7) is 0. The number of aryl methyl sites for hydroxylation is 1. The van der Waals surface area contributed by atoms with Crippen LogP contribution in [0.4, 0.5) is 4.39 Å². The number of nitrogens with two attached hydrogens (primary N) is 1. The van der Waals surface area contributed by atoms with Gasteiger partial charge in [-0.05, 0) is 48.6 Å². The summed E-state index contributed by atoms with van der Waals surface area (Å²) in [5.41, 5.74) is 8.10. The first-order valence-electron chi connectivity index (χ1n) is 6.41. The predicted molar refractivity (Wildman–Crippen MR) is 77.7 cm³/mol. The zero-order valence-corrected chi connectivity index (χ0v) is 11.4. The van der Waals surface area contributed by atoms with E-state index in [-0.39, 0.29) is 11.9 Å². The van der Waals surface area contributed by atoms with E-state index >= 15 is 0 Å². The van der Waals surface area contributed by atoms with Gasteiger partial charge in [0, 0.05) is 11.1 Å². The minimum atomic E-state index is -0.244. The van der Waals surface area contributed by atoms with Crippen LogP contribution < -0.4 is 5.73 Å². The maximum atomic E-state index is 13.1. The molecule has 100 valence electrons. The van der Waals surface area contributed by atoms with Gasteiger partial charge in [-0.1, -0.05) is 41.9 Å². The fourth-order valence-electron chi connectivity index (χ4n) is 2.11. The molecule has 0 aliphatic carbocycles. The monoisotopic (exact) mass is 277 g/mol. The van der Waals surface area contributed by atoms with E-state index in [1.807, 2.05) is 30.3 Å². The van der Waals surface area contributed by atoms with Crippen LogP contribution in [0.2, 0.25) is 5.02 Å². The van der Waals surface area contributed by atoms with Gasteiger partial charge in [0.1, 0.15) is 5.82 Å². The molecule has 0 saturated carbocycles. The summed E-state index contributed by atoms with van der Waals surface area (Å²) < 4.78 is 13.1. The van der Waals surface area contributed by atoms with Crippen molar-refractivity contribution in [3.8, 4) is 0 Å². The summed E-state index contributed by atoms with van der Waals surface area (Å²) in [6.07, 6.45) is 2.49. The maximum absolute atomic E-state index is 13.1. The Labute approximate surface area is 118 Å². The van der Waals surface area contributed by atoms with Gasteiger partial charge in [0.15, 0.2) is 0 Å². The van der Waals surface area contributed by atoms with Crippen LogP contribution in [-0.2, 0) is 6.42 Å². The van der Waals surface area contributed by atoms with E-state index in [1.165, 1.54) is 12.1 Å². The van der Waals surface area contributed by atoms with Crippen LogP contribution in [0, 0.1) is 5.82 Å². The van der Waals surface area contributed by atoms with E-state index < -0.39 is 0 Å². The first kappa shape index (κ1) is 14.0. The van der Waals surface area contributed by atoms with Gasteiger partial charge in [-0.25, -0.2) is 4.39 Å². The van der Waals surface area contributed by atoms with Crippen LogP contribution in [0.1, 0.15) is 30.0 Å². The zero-order valence-electron chi connectivity index (χ0n) is 10.7. The number of benzene rings is 2. The van der Waals surface area contributed by atoms with Crippen molar-refractivity contribution >= 4 is 11.6 Å². The Morgan fingerprint density at radius 1 is 1.11 bits per heavy atom. The van der Waals surface area contributed by atoms with Crippen molar-refractivity contribution < 1.29 is 4.39 Å². The van der Waals surface area contributed by atoms with E-state index in [4.69, 9.17) is 17.3 Å². The van der Waals surface area contributed by atoms with Crippen LogP contribution in [0.25, 0.3) is 0 Å². The minimum absolute atomic E-state index is 0.0218. The van der Waals surface area contributed by atoms with E-state index in [1.54, 1.807) is 6.07 Å². The number of halogens is 2. The van der Waals surface area contributed by atoms with E-state index in [9.17, 15) is 4.39 Å². The molecule has 0 aliphatic heterocycles. The second kappa shape index (κ2) is 6.69. The third-order valence-electron chi connectivity index (χ3n) is 3.20. The lowest BCUT2D eigenvalue weighted by Gasteiger charge is -2.12. The van der Waals surface area contributed by atoms with Crippen LogP contribution in [0.15, 0.2) is 48.5 Å². The number of rotatable bonds is 5. The Bertz CT molecular complexity index is 528. The van der Waals surface area contributed by atoms with E-state index in [0.717, 1.165) is 30.4 Å². The molecule has 3 heteroatoms. The first-order valence-corrected chi connectivity index (χ1v) is 6.79. The van der Waals surface area contributed by atoms with E-state index in [2.05, 4.69) is 0 Å². The molecule has 0 fully saturated rings. The average Bonchev–Trinajstić information content (AvgIpc) is 2.43. The molecule has 0 heterocycles. The molecule has 2 rings (SSSR count). The summed E-state index contributed by atoms with van der Waals surface area (Å²) in [5, 5.41) is 0.620. The van der Waals surface area contributed by atoms with Crippen molar-refractivity contribution in [2.45, 2.75) is 25.3 Å². The lowest BCUT2D eigenvalue weighted by molar-refractivity contribution is 0.604. The minimum Gasteiger partial charge on any atom is -0.324 e. The SMILES string of the molecule is NC(CCCc1cc(F)ccc1Cl)c1ccccc1. The van der Waals surface area contributed by atoms with Gasteiger partial charge < -0.3 is 5.73 Å². The summed E-state index contributed by atoms with van der Waals surface area (Å²) in [7, 11) is 0. The molecule has 1 atom stereocenters. The predicted octanol–water partition coefficient (Wildman–Crippen LogP) is 4.50. The van der Waals surface area contributed by atoms with Gasteiger partial charge in [-0.3, -0.25) is 0 Å². The highest BCUT2D eigenvalue weighted by atomic mass is 35.5. The van der Waals surface area contributed by atoms with Gasteiger partial charge in [0.25, 0.3) is 0 Å². The molecular weight excluding hydrogens is 261 g/mol. The van der Waals surface area contributed by atoms with Gasteiger partial charge in [-0.15, -0.1) is 0 Å². The second-order valence-electron chi connectivity index (χ2n) is 4.65. The molecular formula is C16H17ClFN. The quantitative estimate of drug-likeness (QED) is 0.855. The fraction of sp³-hybridized carbons (Fsp3) is 0.250. The Hall–Kier alpha value is -1.38. The number of hydrogen-bond donors (Lipinski definition) is 1. The van der Waals surface area contributed by atoms with Crippen LogP contribution in [0.5, 0.6) is 0 Å². The summed E-state index contributed by atoms with van der Waals surface area (Å²) in [6, 6.07) is 14.5. The Kier molecular flexibility index (Phi) is 4.94. The van der Waals surface area contributed by atoms with Gasteiger partial charge in [0.05, 0.1) is 0 Å². The van der Waals surface area contributed by atoms with Crippen LogP contribution >= 0.6 is 11.6 Å². The standard InChI is InChI=1S/C16H17ClFN/c17-15-10-9-14(18)11-13(15)7-4-8-16(19)12-5-2-1-3-6-12/h1-3,5-6,9-11,16H,4,7-8,19H2. The van der Waals surface area contributed by atoms with Gasteiger partial charge >= 0.3 is 0 Å². The van der Waals surface area contributed by atoms with Gasteiger partial charge in [0.2, 0.25) is 0 Å². The third kappa shape index (κ3) is 4.05. The Balaban J connectivity index is 1.88. The highest BCUT2D eigenvalue weighted by Gasteiger charge is 2.07. The second-order valence-corrected chi connectivity index (χ2v) is 5.05. The molecule has 0 saturated heterocycles. The first-order chi connectivity index (χ1) is 9.16. The molecule has 2 aromatic carbocycles. The highest BCUT2D eigenvalue weighted by Crippen LogP contribution is 2.21. The molecule has 0 radical (unpaired) electrons. The average molecular weight is 278 g/mol. The lowest BCUT2D eigenvalue weighted by Crippen LogP contribution is -2.10. The normalized spacial score (nSPS) is 12.4. The smallest absolute Gasteiger partial charge is 0.123 e. The van der Waals surface area contributed by atoms with Crippen molar-refractivity contribution in [2.75, 3.05) is 0 Å². The molecule has 1 unspecified atom stereocenters. The Morgan fingerprint density at radius 3 is 2.58 bits per heavy atom. The van der Waals surface area contributed by atoms with Gasteiger partial charge in [-0.2, -0.15) is 0 Å². The van der Waals surface area contributed by atoms with E-state index in [0.29, 0.717) is 5.02 Å². The van der Waals surface area contributed by atoms with Crippen LogP contribution in [-0.4, -0.2) is 0 Å². The van der Waals surface area contributed by atoms with Crippen molar-refractivity contribution in [1.29, 1.82) is 0 Å². The lowest BCUT2D eigenvalue weighted by atomic mass is 10.00. The molecule has 0 aliphatic rings. The molecule has 2 N–H and O–H groups in total. The van der Waals surface area contributed by atoms with Crippen molar-refractivity contribution in [1.82, 2.24) is 0 Å². The summed E-state index contributed by atoms with van der Waals surface area (Å²) >= 11 is 6.03. The zero-order chi connectivity index (χ0) is 13.7. The summed E-state index contributed by atoms with van der Waals surface area (Å²) in [4.78, 5) is 0. The van der Waals surface area contributed by atoms with Crippen molar-refractivity contribution in [2.24, 2.45) is 5.73 Å². The highest BCUT2D eigenvalue weighted by molar-refractivity contribution is 6.31. The topological polar surface area (TPSA) is 26.0 Å². The molecule has 2 aromatic rings. The molecule has 0 spiro atoms. The number of hydrogen-bond acceptors (Lipinski definition) is 1. The molecule has 0 amide bonds. The fourth-order valence-corrected chi connectivity index (χ4v) is 2.33. The Morgan fingerprint density at radius 2 is 1.84 bits per heavy atom. The van der Waals surface area contributed by atoms with Crippen molar-refractivity contribution in [3.63, 3.8) is 0 Å². The maximum Gasteiger partial charge on any atom is 0.123 e. The largest absolute Gasteiger partial charge is 0.324 e. The molecule has 0 aromatic heterocycles. The molecule has 19 heavy (non-hydrogen) atoms. The van der Waals surface area contributed by atoms with Crippen molar-refractivity contribution in [3.05, 3.63) is 70.5 Å². The summed E-state index contributed by atoms with van der Waals surface area (Å²) in [5.74, 6) is -0.244. The van der Waals surface area contributed by atoms with Crippen LogP contribution in [0.3, 0.4) is 0 Å². The third-order valence-corrected chi connectivity index (χ3v) is 3.57. The molecule has 0 bridgehead atoms. The molecule has 1 nitrogen and oxygen atoms in total.